The number of allylic oxidation sites excluding steroid dienone is 4. The van der Waals surface area contributed by atoms with Gasteiger partial charge < -0.3 is 10.5 Å². The SMILES string of the molecule is C/C=C/CC=CCCC(=O)C1OC1C(N)=O. The first-order valence-electron chi connectivity index (χ1n) is 5.40. The van der Waals surface area contributed by atoms with Crippen LogP contribution in [0.1, 0.15) is 26.2 Å². The van der Waals surface area contributed by atoms with Crippen molar-refractivity contribution in [3.8, 4) is 0 Å². The van der Waals surface area contributed by atoms with Crippen molar-refractivity contribution in [3.63, 3.8) is 0 Å². The van der Waals surface area contributed by atoms with Crippen molar-refractivity contribution in [3.05, 3.63) is 24.3 Å². The van der Waals surface area contributed by atoms with Gasteiger partial charge in [0.2, 0.25) is 5.91 Å². The Morgan fingerprint density at radius 2 is 2.00 bits per heavy atom. The molecular weight excluding hydrogens is 206 g/mol. The lowest BCUT2D eigenvalue weighted by atomic mass is 10.1. The molecule has 16 heavy (non-hydrogen) atoms. The Kier molecular flexibility index (Phi) is 4.92. The van der Waals surface area contributed by atoms with Crippen molar-refractivity contribution in [2.24, 2.45) is 5.73 Å². The summed E-state index contributed by atoms with van der Waals surface area (Å²) in [7, 11) is 0. The Hall–Kier alpha value is -1.42. The fourth-order valence-corrected chi connectivity index (χ4v) is 1.37. The number of carbonyl (C=O) groups excluding carboxylic acids is 2. The van der Waals surface area contributed by atoms with Crippen LogP contribution in [0.2, 0.25) is 0 Å². The highest BCUT2D eigenvalue weighted by Crippen LogP contribution is 2.24. The molecule has 1 fully saturated rings. The Labute approximate surface area is 95.1 Å². The second kappa shape index (κ2) is 6.23. The average molecular weight is 223 g/mol. The van der Waals surface area contributed by atoms with Crippen LogP contribution in [0.5, 0.6) is 0 Å². The van der Waals surface area contributed by atoms with Crippen molar-refractivity contribution in [2.45, 2.75) is 38.4 Å². The molecule has 0 aliphatic carbocycles. The maximum absolute atomic E-state index is 11.4. The molecule has 2 N–H and O–H groups in total. The molecule has 0 bridgehead atoms. The minimum Gasteiger partial charge on any atom is -0.367 e. The van der Waals surface area contributed by atoms with E-state index in [0.717, 1.165) is 6.42 Å². The van der Waals surface area contributed by atoms with E-state index in [4.69, 9.17) is 10.5 Å². The summed E-state index contributed by atoms with van der Waals surface area (Å²) in [6.45, 7) is 1.96. The summed E-state index contributed by atoms with van der Waals surface area (Å²) in [5.41, 5.74) is 5.00. The van der Waals surface area contributed by atoms with Gasteiger partial charge in [0.15, 0.2) is 18.0 Å². The number of ketones is 1. The van der Waals surface area contributed by atoms with Crippen LogP contribution in [0.3, 0.4) is 0 Å². The first kappa shape index (κ1) is 12.6. The molecule has 1 aliphatic rings. The fourth-order valence-electron chi connectivity index (χ4n) is 1.37. The van der Waals surface area contributed by atoms with Crippen LogP contribution < -0.4 is 5.73 Å². The van der Waals surface area contributed by atoms with Crippen molar-refractivity contribution >= 4 is 11.7 Å². The van der Waals surface area contributed by atoms with Gasteiger partial charge in [0.25, 0.3) is 0 Å². The third-order valence-corrected chi connectivity index (χ3v) is 2.32. The number of carbonyl (C=O) groups is 2. The fraction of sp³-hybridized carbons (Fsp3) is 0.500. The van der Waals surface area contributed by atoms with E-state index in [2.05, 4.69) is 0 Å². The van der Waals surface area contributed by atoms with Crippen LogP contribution in [-0.4, -0.2) is 23.9 Å². The number of rotatable bonds is 7. The molecule has 0 aromatic rings. The molecule has 1 aliphatic heterocycles. The van der Waals surface area contributed by atoms with Crippen LogP contribution in [0, 0.1) is 0 Å². The Morgan fingerprint density at radius 1 is 1.25 bits per heavy atom. The van der Waals surface area contributed by atoms with Crippen LogP contribution >= 0.6 is 0 Å². The summed E-state index contributed by atoms with van der Waals surface area (Å²) in [6, 6.07) is 0. The van der Waals surface area contributed by atoms with E-state index in [0.29, 0.717) is 12.8 Å². The molecule has 4 heteroatoms. The number of nitrogens with two attached hydrogens (primary N) is 1. The second-order valence-corrected chi connectivity index (χ2v) is 3.66. The largest absolute Gasteiger partial charge is 0.367 e. The number of epoxide rings is 1. The Bertz CT molecular complexity index is 320. The quantitative estimate of drug-likeness (QED) is 0.519. The second-order valence-electron chi connectivity index (χ2n) is 3.66. The number of primary amides is 1. The number of hydrogen-bond donors (Lipinski definition) is 1. The number of hydrogen-bond acceptors (Lipinski definition) is 3. The maximum Gasteiger partial charge on any atom is 0.249 e. The minimum atomic E-state index is -0.681. The molecule has 0 aromatic carbocycles. The van der Waals surface area contributed by atoms with E-state index in [-0.39, 0.29) is 5.78 Å². The molecule has 88 valence electrons. The zero-order chi connectivity index (χ0) is 12.0. The smallest absolute Gasteiger partial charge is 0.249 e. The molecule has 1 saturated heterocycles. The van der Waals surface area contributed by atoms with Gasteiger partial charge >= 0.3 is 0 Å². The lowest BCUT2D eigenvalue weighted by Crippen LogP contribution is -2.22. The van der Waals surface area contributed by atoms with E-state index >= 15 is 0 Å². The van der Waals surface area contributed by atoms with Gasteiger partial charge in [0.05, 0.1) is 0 Å². The predicted octanol–water partition coefficient (Wildman–Crippen LogP) is 1.11. The maximum atomic E-state index is 11.4. The van der Waals surface area contributed by atoms with Gasteiger partial charge in [-0.15, -0.1) is 0 Å². The molecule has 2 unspecified atom stereocenters. The first-order valence-corrected chi connectivity index (χ1v) is 5.40. The number of ether oxygens (including phenoxy) is 1. The first-order chi connectivity index (χ1) is 7.66. The molecule has 2 atom stereocenters. The molecule has 0 saturated carbocycles. The highest BCUT2D eigenvalue weighted by atomic mass is 16.6. The van der Waals surface area contributed by atoms with E-state index < -0.39 is 18.1 Å². The third kappa shape index (κ3) is 3.98. The van der Waals surface area contributed by atoms with Crippen molar-refractivity contribution in [1.29, 1.82) is 0 Å². The summed E-state index contributed by atoms with van der Waals surface area (Å²) in [6.07, 6.45) is 8.68. The van der Waals surface area contributed by atoms with Gasteiger partial charge in [-0.3, -0.25) is 9.59 Å². The molecule has 0 radical (unpaired) electrons. The lowest BCUT2D eigenvalue weighted by Gasteiger charge is -1.92. The Balaban J connectivity index is 2.12. The normalized spacial score (nSPS) is 24.1. The van der Waals surface area contributed by atoms with Gasteiger partial charge in [-0.25, -0.2) is 0 Å². The summed E-state index contributed by atoms with van der Waals surface area (Å²) in [4.78, 5) is 22.1. The number of amides is 1. The summed E-state index contributed by atoms with van der Waals surface area (Å²) < 4.78 is 4.88. The molecule has 1 rings (SSSR count). The van der Waals surface area contributed by atoms with E-state index in [1.807, 2.05) is 31.2 Å². The standard InChI is InChI=1S/C12H17NO3/c1-2-3-4-5-6-7-8-9(14)10-11(16-10)12(13)15/h2-3,5-6,10-11H,4,7-8H2,1H3,(H2,13,15)/b3-2+,6-5?. The topological polar surface area (TPSA) is 72.7 Å². The van der Waals surface area contributed by atoms with Gasteiger partial charge in [-0.05, 0) is 19.8 Å². The van der Waals surface area contributed by atoms with E-state index in [1.54, 1.807) is 0 Å². The van der Waals surface area contributed by atoms with E-state index in [1.165, 1.54) is 0 Å². The van der Waals surface area contributed by atoms with Crippen LogP contribution in [-0.2, 0) is 14.3 Å². The zero-order valence-electron chi connectivity index (χ0n) is 9.39. The minimum absolute atomic E-state index is 0.0421. The van der Waals surface area contributed by atoms with Crippen molar-refractivity contribution in [1.82, 2.24) is 0 Å². The summed E-state index contributed by atoms with van der Waals surface area (Å²) >= 11 is 0. The van der Waals surface area contributed by atoms with Crippen LogP contribution in [0.4, 0.5) is 0 Å². The van der Waals surface area contributed by atoms with Crippen molar-refractivity contribution in [2.75, 3.05) is 0 Å². The summed E-state index contributed by atoms with van der Waals surface area (Å²) in [5.74, 6) is -0.596. The van der Waals surface area contributed by atoms with Gasteiger partial charge in [0.1, 0.15) is 0 Å². The van der Waals surface area contributed by atoms with Crippen LogP contribution in [0.15, 0.2) is 24.3 Å². The van der Waals surface area contributed by atoms with Crippen molar-refractivity contribution < 1.29 is 14.3 Å². The monoisotopic (exact) mass is 223 g/mol. The van der Waals surface area contributed by atoms with E-state index in [9.17, 15) is 9.59 Å². The average Bonchev–Trinajstić information content (AvgIpc) is 3.02. The zero-order valence-corrected chi connectivity index (χ0v) is 9.39. The van der Waals surface area contributed by atoms with Gasteiger partial charge in [-0.1, -0.05) is 24.3 Å². The van der Waals surface area contributed by atoms with Gasteiger partial charge in [0, 0.05) is 6.42 Å². The molecule has 1 amide bonds. The number of Topliss-reactive ketones (excluding diaryl/α,β-unsaturated/α-hetero) is 1. The molecule has 1 heterocycles. The van der Waals surface area contributed by atoms with Gasteiger partial charge in [-0.2, -0.15) is 0 Å². The molecular formula is C12H17NO3. The predicted molar refractivity (Wildman–Crippen MR) is 60.7 cm³/mol. The third-order valence-electron chi connectivity index (χ3n) is 2.32. The molecule has 4 nitrogen and oxygen atoms in total. The Morgan fingerprint density at radius 3 is 2.56 bits per heavy atom. The summed E-state index contributed by atoms with van der Waals surface area (Å²) in [5, 5.41) is 0. The highest BCUT2D eigenvalue weighted by molar-refractivity contribution is 5.95. The lowest BCUT2D eigenvalue weighted by molar-refractivity contribution is -0.121. The molecule has 0 aromatic heterocycles. The molecule has 0 spiro atoms. The van der Waals surface area contributed by atoms with Crippen LogP contribution in [0.25, 0.3) is 0 Å². The highest BCUT2D eigenvalue weighted by Gasteiger charge is 2.48.